The van der Waals surface area contributed by atoms with E-state index in [0.717, 1.165) is 0 Å². The van der Waals surface area contributed by atoms with Gasteiger partial charge in [0.1, 0.15) is 0 Å². The van der Waals surface area contributed by atoms with Crippen LogP contribution in [0.25, 0.3) is 11.0 Å². The highest BCUT2D eigenvalue weighted by Gasteiger charge is 2.20. The summed E-state index contributed by atoms with van der Waals surface area (Å²) in [6.07, 6.45) is 0. The first-order valence-electron chi connectivity index (χ1n) is 4.12. The van der Waals surface area contributed by atoms with Crippen LogP contribution in [0.15, 0.2) is 16.5 Å². The first-order valence-corrected chi connectivity index (χ1v) is 4.88. The minimum absolute atomic E-state index is 0.125. The monoisotopic (exact) mass is 244 g/mol. The van der Waals surface area contributed by atoms with E-state index in [2.05, 4.69) is 0 Å². The van der Waals surface area contributed by atoms with Crippen molar-refractivity contribution in [2.45, 2.75) is 6.92 Å². The quantitative estimate of drug-likeness (QED) is 0.832. The third-order valence-corrected chi connectivity index (χ3v) is 2.79. The zero-order valence-corrected chi connectivity index (χ0v) is 9.19. The number of carbonyl (C=O) groups is 1. The first-order chi connectivity index (χ1) is 7.02. The third-order valence-electron chi connectivity index (χ3n) is 2.17. The van der Waals surface area contributed by atoms with Gasteiger partial charge in [0.05, 0.1) is 10.0 Å². The average molecular weight is 245 g/mol. The lowest BCUT2D eigenvalue weighted by atomic mass is 10.1. The lowest BCUT2D eigenvalue weighted by molar-refractivity contribution is 0.0664. The molecule has 78 valence electrons. The fraction of sp³-hybridized carbons (Fsp3) is 0.100. The topological polar surface area (TPSA) is 50.4 Å². The van der Waals surface area contributed by atoms with Crippen LogP contribution in [-0.4, -0.2) is 11.1 Å². The van der Waals surface area contributed by atoms with Crippen molar-refractivity contribution in [1.29, 1.82) is 0 Å². The summed E-state index contributed by atoms with van der Waals surface area (Å²) >= 11 is 11.8. The molecular weight excluding hydrogens is 239 g/mol. The Morgan fingerprint density at radius 2 is 1.93 bits per heavy atom. The van der Waals surface area contributed by atoms with E-state index in [9.17, 15) is 4.79 Å². The summed E-state index contributed by atoms with van der Waals surface area (Å²) in [5.74, 6) is -1.25. The van der Waals surface area contributed by atoms with Gasteiger partial charge in [0.25, 0.3) is 0 Å². The van der Waals surface area contributed by atoms with E-state index in [1.807, 2.05) is 0 Å². The van der Waals surface area contributed by atoms with Crippen molar-refractivity contribution in [3.05, 3.63) is 33.5 Å². The molecule has 0 amide bonds. The van der Waals surface area contributed by atoms with Crippen LogP contribution >= 0.6 is 23.2 Å². The highest BCUT2D eigenvalue weighted by molar-refractivity contribution is 6.40. The number of benzene rings is 1. The van der Waals surface area contributed by atoms with Crippen LogP contribution in [0, 0.1) is 6.92 Å². The van der Waals surface area contributed by atoms with Gasteiger partial charge in [-0.1, -0.05) is 23.2 Å². The van der Waals surface area contributed by atoms with Crippen molar-refractivity contribution in [1.82, 2.24) is 0 Å². The van der Waals surface area contributed by atoms with Gasteiger partial charge in [-0.15, -0.1) is 0 Å². The predicted octanol–water partition coefficient (Wildman–Crippen LogP) is 3.75. The highest BCUT2D eigenvalue weighted by atomic mass is 35.5. The van der Waals surface area contributed by atoms with Gasteiger partial charge in [-0.2, -0.15) is 0 Å². The van der Waals surface area contributed by atoms with Crippen molar-refractivity contribution in [3.8, 4) is 0 Å². The van der Waals surface area contributed by atoms with Crippen LogP contribution in [0.5, 0.6) is 0 Å². The number of carboxylic acids is 1. The van der Waals surface area contributed by atoms with Gasteiger partial charge in [0.2, 0.25) is 5.76 Å². The summed E-state index contributed by atoms with van der Waals surface area (Å²) < 4.78 is 5.16. The molecule has 5 heteroatoms. The molecule has 0 aliphatic rings. The van der Waals surface area contributed by atoms with Gasteiger partial charge in [0.15, 0.2) is 5.58 Å². The molecule has 3 nitrogen and oxygen atoms in total. The van der Waals surface area contributed by atoms with Crippen molar-refractivity contribution < 1.29 is 14.3 Å². The number of carboxylic acid groups (broad SMARTS) is 1. The standard InChI is InChI=1S/C10H6Cl2O3/c1-4-7-5(11)2-3-6(12)9(7)15-8(4)10(13)14/h2-3H,1H3,(H,13,14). The molecule has 15 heavy (non-hydrogen) atoms. The normalized spacial score (nSPS) is 10.9. The van der Waals surface area contributed by atoms with Crippen molar-refractivity contribution in [3.63, 3.8) is 0 Å². The Morgan fingerprint density at radius 1 is 1.33 bits per heavy atom. The molecule has 0 saturated carbocycles. The minimum Gasteiger partial charge on any atom is -0.475 e. The molecule has 0 unspecified atom stereocenters. The Bertz CT molecular complexity index is 557. The van der Waals surface area contributed by atoms with Crippen LogP contribution in [0.2, 0.25) is 10.0 Å². The lowest BCUT2D eigenvalue weighted by Crippen LogP contribution is -1.95. The van der Waals surface area contributed by atoms with E-state index >= 15 is 0 Å². The highest BCUT2D eigenvalue weighted by Crippen LogP contribution is 2.35. The number of hydrogen-bond donors (Lipinski definition) is 1. The summed E-state index contributed by atoms with van der Waals surface area (Å²) in [4.78, 5) is 10.8. The van der Waals surface area contributed by atoms with Crippen LogP contribution in [0.4, 0.5) is 0 Å². The third kappa shape index (κ3) is 1.48. The largest absolute Gasteiger partial charge is 0.475 e. The Labute approximate surface area is 95.2 Å². The van der Waals surface area contributed by atoms with E-state index < -0.39 is 5.97 Å². The second-order valence-corrected chi connectivity index (χ2v) is 3.91. The zero-order chi connectivity index (χ0) is 11.2. The van der Waals surface area contributed by atoms with Gasteiger partial charge in [-0.25, -0.2) is 4.79 Å². The van der Waals surface area contributed by atoms with Crippen LogP contribution in [0.1, 0.15) is 16.1 Å². The number of fused-ring (bicyclic) bond motifs is 1. The number of hydrogen-bond acceptors (Lipinski definition) is 2. The maximum atomic E-state index is 10.8. The first kappa shape index (κ1) is 10.3. The smallest absolute Gasteiger partial charge is 0.372 e. The molecule has 0 bridgehead atoms. The summed E-state index contributed by atoms with van der Waals surface area (Å²) in [6, 6.07) is 3.18. The summed E-state index contributed by atoms with van der Waals surface area (Å²) in [5.41, 5.74) is 0.809. The molecule has 1 aromatic heterocycles. The second-order valence-electron chi connectivity index (χ2n) is 3.09. The van der Waals surface area contributed by atoms with E-state index in [1.165, 1.54) is 0 Å². The van der Waals surface area contributed by atoms with Crippen molar-refractivity contribution >= 4 is 40.1 Å². The van der Waals surface area contributed by atoms with Crippen molar-refractivity contribution in [2.75, 3.05) is 0 Å². The maximum absolute atomic E-state index is 10.8. The molecule has 0 spiro atoms. The molecular formula is C10H6Cl2O3. The molecule has 2 aromatic rings. The second kappa shape index (κ2) is 3.43. The number of furan rings is 1. The molecule has 0 atom stereocenters. The Morgan fingerprint density at radius 3 is 2.47 bits per heavy atom. The predicted molar refractivity (Wildman–Crippen MR) is 57.9 cm³/mol. The number of rotatable bonds is 1. The van der Waals surface area contributed by atoms with Crippen LogP contribution in [0.3, 0.4) is 0 Å². The lowest BCUT2D eigenvalue weighted by Gasteiger charge is -1.95. The SMILES string of the molecule is Cc1c(C(=O)O)oc2c(Cl)ccc(Cl)c12. The van der Waals surface area contributed by atoms with E-state index in [0.29, 0.717) is 26.6 Å². The molecule has 0 aliphatic carbocycles. The Hall–Kier alpha value is -1.19. The van der Waals surface area contributed by atoms with Gasteiger partial charge < -0.3 is 9.52 Å². The number of halogens is 2. The summed E-state index contributed by atoms with van der Waals surface area (Å²) in [6.45, 7) is 1.64. The molecule has 2 rings (SSSR count). The zero-order valence-electron chi connectivity index (χ0n) is 7.67. The van der Waals surface area contributed by atoms with E-state index in [4.69, 9.17) is 32.7 Å². The van der Waals surface area contributed by atoms with Crippen LogP contribution in [-0.2, 0) is 0 Å². The van der Waals surface area contributed by atoms with Gasteiger partial charge >= 0.3 is 5.97 Å². The summed E-state index contributed by atoms with van der Waals surface area (Å²) in [7, 11) is 0. The molecule has 1 aromatic carbocycles. The molecule has 0 radical (unpaired) electrons. The van der Waals surface area contributed by atoms with Gasteiger partial charge in [-0.05, 0) is 19.1 Å². The maximum Gasteiger partial charge on any atom is 0.372 e. The molecule has 1 N–H and O–H groups in total. The molecule has 0 fully saturated rings. The fourth-order valence-corrected chi connectivity index (χ4v) is 1.97. The molecule has 0 aliphatic heterocycles. The number of aryl methyl sites for hydroxylation is 1. The molecule has 0 saturated heterocycles. The Balaban J connectivity index is 2.93. The van der Waals surface area contributed by atoms with Crippen molar-refractivity contribution in [2.24, 2.45) is 0 Å². The fourth-order valence-electron chi connectivity index (χ4n) is 1.48. The van der Waals surface area contributed by atoms with E-state index in [1.54, 1.807) is 19.1 Å². The minimum atomic E-state index is -1.13. The van der Waals surface area contributed by atoms with Gasteiger partial charge in [-0.3, -0.25) is 0 Å². The van der Waals surface area contributed by atoms with Crippen LogP contribution < -0.4 is 0 Å². The van der Waals surface area contributed by atoms with E-state index in [-0.39, 0.29) is 5.76 Å². The molecule has 1 heterocycles. The average Bonchev–Trinajstić information content (AvgIpc) is 2.51. The number of aromatic carboxylic acids is 1. The summed E-state index contributed by atoms with van der Waals surface area (Å²) in [5, 5.41) is 10.2. The van der Waals surface area contributed by atoms with Gasteiger partial charge in [0, 0.05) is 10.9 Å². The Kier molecular flexibility index (Phi) is 2.37.